The van der Waals surface area contributed by atoms with E-state index in [1.807, 2.05) is 0 Å². The molecule has 0 spiro atoms. The summed E-state index contributed by atoms with van der Waals surface area (Å²) in [6.45, 7) is 3.71. The Morgan fingerprint density at radius 1 is 1.60 bits per heavy atom. The average molecular weight is 145 g/mol. The van der Waals surface area contributed by atoms with Crippen LogP contribution in [0.2, 0.25) is 0 Å². The minimum Gasteiger partial charge on any atom is -0.461 e. The maximum absolute atomic E-state index is 10.7. The van der Waals surface area contributed by atoms with Crippen LogP contribution in [0.4, 0.5) is 0 Å². The topological polar surface area (TPSA) is 58.9 Å². The molecule has 0 aliphatic carbocycles. The van der Waals surface area contributed by atoms with Gasteiger partial charge in [-0.2, -0.15) is 0 Å². The average Bonchev–Trinajstić information content (AvgIpc) is 1.91. The normalized spacial score (nSPS) is 11.2. The molecule has 0 aromatic heterocycles. The molecule has 0 radical (unpaired) electrons. The van der Waals surface area contributed by atoms with Crippen LogP contribution in [0.5, 0.6) is 0 Å². The fourth-order valence-electron chi connectivity index (χ4n) is 0.470. The highest BCUT2D eigenvalue weighted by atomic mass is 16.5. The Morgan fingerprint density at radius 2 is 2.20 bits per heavy atom. The van der Waals surface area contributed by atoms with Crippen LogP contribution >= 0.6 is 0 Å². The summed E-state index contributed by atoms with van der Waals surface area (Å²) in [5.41, 5.74) is 0.0573. The number of nitrogens with zero attached hydrogens (tertiary/aromatic N) is 1. The minimum atomic E-state index is -0.549. The molecule has 0 atom stereocenters. The van der Waals surface area contributed by atoms with Gasteiger partial charge < -0.3 is 9.94 Å². The number of hydrogen-bond acceptors (Lipinski definition) is 4. The number of esters is 1. The lowest BCUT2D eigenvalue weighted by molar-refractivity contribution is -0.135. The standard InChI is InChI=1S/C6H11NO3/c1-3-5(7-9)6(8)10-4-2/h9H,3-4H2,1-2H3/b7-5-. The Labute approximate surface area is 59.5 Å². The van der Waals surface area contributed by atoms with E-state index in [9.17, 15) is 4.79 Å². The molecule has 0 bridgehead atoms. The van der Waals surface area contributed by atoms with E-state index in [0.717, 1.165) is 0 Å². The van der Waals surface area contributed by atoms with Gasteiger partial charge in [0.2, 0.25) is 0 Å². The van der Waals surface area contributed by atoms with Crippen molar-refractivity contribution in [3.63, 3.8) is 0 Å². The number of oxime groups is 1. The van der Waals surface area contributed by atoms with E-state index in [0.29, 0.717) is 13.0 Å². The van der Waals surface area contributed by atoms with Crippen molar-refractivity contribution in [2.24, 2.45) is 5.16 Å². The van der Waals surface area contributed by atoms with Gasteiger partial charge in [-0.05, 0) is 13.3 Å². The van der Waals surface area contributed by atoms with Crippen molar-refractivity contribution < 1.29 is 14.7 Å². The molecule has 0 aliphatic heterocycles. The van der Waals surface area contributed by atoms with Crippen molar-refractivity contribution >= 4 is 11.7 Å². The smallest absolute Gasteiger partial charge is 0.356 e. The predicted octanol–water partition coefficient (Wildman–Crippen LogP) is 0.790. The number of ether oxygens (including phenoxy) is 1. The highest BCUT2D eigenvalue weighted by molar-refractivity contribution is 6.36. The Bertz CT molecular complexity index is 142. The summed E-state index contributed by atoms with van der Waals surface area (Å²) >= 11 is 0. The molecule has 0 fully saturated rings. The number of carbonyl (C=O) groups is 1. The first-order valence-corrected chi connectivity index (χ1v) is 3.14. The van der Waals surface area contributed by atoms with Crippen molar-refractivity contribution in [3.05, 3.63) is 0 Å². The zero-order valence-corrected chi connectivity index (χ0v) is 6.13. The first kappa shape index (κ1) is 8.94. The van der Waals surface area contributed by atoms with Crippen molar-refractivity contribution in [1.29, 1.82) is 0 Å². The molecule has 0 heterocycles. The van der Waals surface area contributed by atoms with Gasteiger partial charge in [-0.1, -0.05) is 12.1 Å². The van der Waals surface area contributed by atoms with Gasteiger partial charge in [0.15, 0.2) is 5.71 Å². The maximum Gasteiger partial charge on any atom is 0.356 e. The molecule has 0 unspecified atom stereocenters. The molecule has 4 heteroatoms. The van der Waals surface area contributed by atoms with E-state index in [-0.39, 0.29) is 5.71 Å². The maximum atomic E-state index is 10.7. The van der Waals surface area contributed by atoms with E-state index >= 15 is 0 Å². The van der Waals surface area contributed by atoms with Gasteiger partial charge in [0.25, 0.3) is 0 Å². The van der Waals surface area contributed by atoms with Crippen molar-refractivity contribution in [2.45, 2.75) is 20.3 Å². The summed E-state index contributed by atoms with van der Waals surface area (Å²) in [7, 11) is 0. The highest BCUT2D eigenvalue weighted by Crippen LogP contribution is 1.88. The Kier molecular flexibility index (Phi) is 4.28. The predicted molar refractivity (Wildman–Crippen MR) is 36.1 cm³/mol. The SMILES string of the molecule is CCOC(=O)/C(CC)=N\O. The Hall–Kier alpha value is -1.06. The largest absolute Gasteiger partial charge is 0.461 e. The van der Waals surface area contributed by atoms with Gasteiger partial charge in [-0.25, -0.2) is 4.79 Å². The number of hydrogen-bond donors (Lipinski definition) is 1. The Balaban J connectivity index is 3.91. The molecular weight excluding hydrogens is 134 g/mol. The van der Waals surface area contributed by atoms with E-state index in [4.69, 9.17) is 5.21 Å². The second-order valence-electron chi connectivity index (χ2n) is 1.62. The molecule has 10 heavy (non-hydrogen) atoms. The molecule has 0 aromatic rings. The van der Waals surface area contributed by atoms with Gasteiger partial charge in [-0.3, -0.25) is 0 Å². The molecule has 0 rings (SSSR count). The fourth-order valence-corrected chi connectivity index (χ4v) is 0.470. The second-order valence-corrected chi connectivity index (χ2v) is 1.62. The zero-order chi connectivity index (χ0) is 7.98. The second kappa shape index (κ2) is 4.78. The van der Waals surface area contributed by atoms with Crippen LogP contribution in [0.15, 0.2) is 5.16 Å². The number of rotatable bonds is 3. The third kappa shape index (κ3) is 2.48. The van der Waals surface area contributed by atoms with Crippen LogP contribution < -0.4 is 0 Å². The van der Waals surface area contributed by atoms with E-state index < -0.39 is 5.97 Å². The molecule has 0 aliphatic rings. The molecule has 58 valence electrons. The van der Waals surface area contributed by atoms with Crippen molar-refractivity contribution in [1.82, 2.24) is 0 Å². The van der Waals surface area contributed by atoms with Gasteiger partial charge in [0.1, 0.15) is 0 Å². The fraction of sp³-hybridized carbons (Fsp3) is 0.667. The van der Waals surface area contributed by atoms with Crippen molar-refractivity contribution in [3.8, 4) is 0 Å². The quantitative estimate of drug-likeness (QED) is 0.276. The minimum absolute atomic E-state index is 0.0573. The molecular formula is C6H11NO3. The lowest BCUT2D eigenvalue weighted by Crippen LogP contribution is -2.16. The monoisotopic (exact) mass is 145 g/mol. The molecule has 0 saturated carbocycles. The summed E-state index contributed by atoms with van der Waals surface area (Å²) in [6.07, 6.45) is 0.384. The molecule has 4 nitrogen and oxygen atoms in total. The number of carbonyl (C=O) groups excluding carboxylic acids is 1. The summed E-state index contributed by atoms with van der Waals surface area (Å²) in [5.74, 6) is -0.549. The van der Waals surface area contributed by atoms with Crippen LogP contribution in [0.3, 0.4) is 0 Å². The van der Waals surface area contributed by atoms with Crippen LogP contribution in [-0.2, 0) is 9.53 Å². The molecule has 1 N–H and O–H groups in total. The van der Waals surface area contributed by atoms with Crippen LogP contribution in [0, 0.1) is 0 Å². The third-order valence-corrected chi connectivity index (χ3v) is 0.967. The van der Waals surface area contributed by atoms with E-state index in [1.54, 1.807) is 13.8 Å². The lowest BCUT2D eigenvalue weighted by Gasteiger charge is -1.99. The van der Waals surface area contributed by atoms with Gasteiger partial charge in [0.05, 0.1) is 6.61 Å². The highest BCUT2D eigenvalue weighted by Gasteiger charge is 2.09. The van der Waals surface area contributed by atoms with E-state index in [2.05, 4.69) is 9.89 Å². The van der Waals surface area contributed by atoms with Crippen molar-refractivity contribution in [2.75, 3.05) is 6.61 Å². The van der Waals surface area contributed by atoms with Gasteiger partial charge in [-0.15, -0.1) is 0 Å². The summed E-state index contributed by atoms with van der Waals surface area (Å²) in [6, 6.07) is 0. The van der Waals surface area contributed by atoms with Gasteiger partial charge in [0, 0.05) is 0 Å². The third-order valence-electron chi connectivity index (χ3n) is 0.967. The summed E-state index contributed by atoms with van der Waals surface area (Å²) in [4.78, 5) is 10.7. The summed E-state index contributed by atoms with van der Waals surface area (Å²) in [5, 5.41) is 11.0. The summed E-state index contributed by atoms with van der Waals surface area (Å²) < 4.78 is 4.56. The first-order chi connectivity index (χ1) is 4.76. The first-order valence-electron chi connectivity index (χ1n) is 3.14. The molecule has 0 saturated heterocycles. The zero-order valence-electron chi connectivity index (χ0n) is 6.13. The van der Waals surface area contributed by atoms with Crippen LogP contribution in [-0.4, -0.2) is 23.5 Å². The van der Waals surface area contributed by atoms with E-state index in [1.165, 1.54) is 0 Å². The van der Waals surface area contributed by atoms with Crippen LogP contribution in [0.25, 0.3) is 0 Å². The molecule has 0 amide bonds. The van der Waals surface area contributed by atoms with Crippen LogP contribution in [0.1, 0.15) is 20.3 Å². The van der Waals surface area contributed by atoms with Gasteiger partial charge >= 0.3 is 5.97 Å². The lowest BCUT2D eigenvalue weighted by atomic mass is 10.3. The molecule has 0 aromatic carbocycles. The Morgan fingerprint density at radius 3 is 2.50 bits per heavy atom.